The van der Waals surface area contributed by atoms with Gasteiger partial charge in [-0.1, -0.05) is 6.92 Å². The van der Waals surface area contributed by atoms with Gasteiger partial charge in [0.15, 0.2) is 0 Å². The van der Waals surface area contributed by atoms with Crippen molar-refractivity contribution in [1.29, 1.82) is 0 Å². The van der Waals surface area contributed by atoms with E-state index in [2.05, 4.69) is 35.9 Å². The van der Waals surface area contributed by atoms with E-state index in [9.17, 15) is 0 Å². The highest BCUT2D eigenvalue weighted by Crippen LogP contribution is 2.25. The molecule has 15 heavy (non-hydrogen) atoms. The lowest BCUT2D eigenvalue weighted by Crippen LogP contribution is -2.45. The van der Waals surface area contributed by atoms with E-state index in [1.165, 1.54) is 44.5 Å². The van der Waals surface area contributed by atoms with Crippen LogP contribution in [-0.2, 0) is 0 Å². The molecule has 0 bridgehead atoms. The van der Waals surface area contributed by atoms with Gasteiger partial charge < -0.3 is 10.2 Å². The maximum absolute atomic E-state index is 3.78. The van der Waals surface area contributed by atoms with E-state index in [1.807, 2.05) is 0 Å². The maximum atomic E-state index is 3.78. The topological polar surface area (TPSA) is 15.3 Å². The SMILES string of the molecule is CC1SCCCC1NCC1CCCN1C. The first-order valence-electron chi connectivity index (χ1n) is 6.32. The molecule has 2 aliphatic heterocycles. The molecule has 0 amide bonds. The van der Waals surface area contributed by atoms with Gasteiger partial charge in [0, 0.05) is 23.9 Å². The van der Waals surface area contributed by atoms with Crippen LogP contribution >= 0.6 is 11.8 Å². The Labute approximate surface area is 98.2 Å². The van der Waals surface area contributed by atoms with E-state index >= 15 is 0 Å². The summed E-state index contributed by atoms with van der Waals surface area (Å²) in [6.07, 6.45) is 5.55. The summed E-state index contributed by atoms with van der Waals surface area (Å²) >= 11 is 2.13. The van der Waals surface area contributed by atoms with Gasteiger partial charge >= 0.3 is 0 Å². The first-order valence-corrected chi connectivity index (χ1v) is 7.37. The number of hydrogen-bond acceptors (Lipinski definition) is 3. The second-order valence-electron chi connectivity index (χ2n) is 5.01. The fourth-order valence-electron chi connectivity index (χ4n) is 2.72. The molecule has 88 valence electrons. The zero-order valence-corrected chi connectivity index (χ0v) is 10.9. The molecule has 3 heteroatoms. The minimum Gasteiger partial charge on any atom is -0.311 e. The number of thioether (sulfide) groups is 1. The Morgan fingerprint density at radius 2 is 2.20 bits per heavy atom. The molecule has 0 aromatic rings. The fraction of sp³-hybridized carbons (Fsp3) is 1.00. The number of nitrogens with one attached hydrogen (secondary N) is 1. The maximum Gasteiger partial charge on any atom is 0.0218 e. The second-order valence-corrected chi connectivity index (χ2v) is 6.49. The zero-order chi connectivity index (χ0) is 10.7. The molecule has 1 N–H and O–H groups in total. The number of nitrogens with zero attached hydrogens (tertiary/aromatic N) is 1. The number of likely N-dealkylation sites (N-methyl/N-ethyl adjacent to an activating group) is 1. The lowest BCUT2D eigenvalue weighted by molar-refractivity contribution is 0.287. The van der Waals surface area contributed by atoms with Gasteiger partial charge in [-0.2, -0.15) is 11.8 Å². The fourth-order valence-corrected chi connectivity index (χ4v) is 3.89. The summed E-state index contributed by atoms with van der Waals surface area (Å²) in [5, 5.41) is 4.59. The number of likely N-dealkylation sites (tertiary alicyclic amines) is 1. The highest BCUT2D eigenvalue weighted by molar-refractivity contribution is 7.99. The Morgan fingerprint density at radius 3 is 2.87 bits per heavy atom. The Morgan fingerprint density at radius 1 is 1.33 bits per heavy atom. The van der Waals surface area contributed by atoms with Gasteiger partial charge in [-0.15, -0.1) is 0 Å². The van der Waals surface area contributed by atoms with Crippen LogP contribution in [0, 0.1) is 0 Å². The molecular weight excluding hydrogens is 204 g/mol. The van der Waals surface area contributed by atoms with Crippen LogP contribution in [-0.4, -0.2) is 48.1 Å². The molecule has 3 atom stereocenters. The van der Waals surface area contributed by atoms with Crippen molar-refractivity contribution in [3.63, 3.8) is 0 Å². The van der Waals surface area contributed by atoms with Gasteiger partial charge in [0.2, 0.25) is 0 Å². The Bertz CT molecular complexity index is 198. The van der Waals surface area contributed by atoms with E-state index in [0.717, 1.165) is 17.3 Å². The van der Waals surface area contributed by atoms with Crippen molar-refractivity contribution in [3.05, 3.63) is 0 Å². The van der Waals surface area contributed by atoms with Gasteiger partial charge in [0.05, 0.1) is 0 Å². The van der Waals surface area contributed by atoms with Crippen LogP contribution in [0.1, 0.15) is 32.6 Å². The van der Waals surface area contributed by atoms with E-state index in [0.29, 0.717) is 0 Å². The third kappa shape index (κ3) is 3.11. The van der Waals surface area contributed by atoms with Crippen LogP contribution in [0.15, 0.2) is 0 Å². The van der Waals surface area contributed by atoms with Crippen molar-refractivity contribution in [2.75, 3.05) is 25.9 Å². The van der Waals surface area contributed by atoms with Crippen molar-refractivity contribution in [2.45, 2.75) is 49.9 Å². The minimum atomic E-state index is 0.762. The predicted octanol–water partition coefficient (Wildman–Crippen LogP) is 1.95. The Kier molecular flexibility index (Phi) is 4.35. The third-order valence-electron chi connectivity index (χ3n) is 3.89. The molecule has 0 aromatic heterocycles. The third-order valence-corrected chi connectivity index (χ3v) is 5.27. The van der Waals surface area contributed by atoms with Gasteiger partial charge in [0.25, 0.3) is 0 Å². The largest absolute Gasteiger partial charge is 0.311 e. The highest BCUT2D eigenvalue weighted by Gasteiger charge is 2.25. The molecule has 3 unspecified atom stereocenters. The average molecular weight is 228 g/mol. The van der Waals surface area contributed by atoms with Crippen molar-refractivity contribution in [2.24, 2.45) is 0 Å². The molecular formula is C12H24N2S. The van der Waals surface area contributed by atoms with Crippen molar-refractivity contribution < 1.29 is 0 Å². The molecule has 0 aliphatic carbocycles. The first-order chi connectivity index (χ1) is 7.27. The molecule has 2 saturated heterocycles. The number of rotatable bonds is 3. The molecule has 2 fully saturated rings. The summed E-state index contributed by atoms with van der Waals surface area (Å²) in [5.74, 6) is 1.36. The van der Waals surface area contributed by atoms with Crippen LogP contribution in [0.25, 0.3) is 0 Å². The minimum absolute atomic E-state index is 0.762. The van der Waals surface area contributed by atoms with E-state index in [-0.39, 0.29) is 0 Å². The van der Waals surface area contributed by atoms with Gasteiger partial charge in [0.1, 0.15) is 0 Å². The monoisotopic (exact) mass is 228 g/mol. The van der Waals surface area contributed by atoms with E-state index in [1.54, 1.807) is 0 Å². The zero-order valence-electron chi connectivity index (χ0n) is 10.0. The normalized spacial score (nSPS) is 38.4. The summed E-state index contributed by atoms with van der Waals surface area (Å²) in [6.45, 7) is 4.87. The lowest BCUT2D eigenvalue weighted by atomic mass is 10.1. The van der Waals surface area contributed by atoms with Crippen LogP contribution in [0.4, 0.5) is 0 Å². The first kappa shape index (κ1) is 11.7. The molecule has 0 aromatic carbocycles. The summed E-state index contributed by atoms with van der Waals surface area (Å²) in [4.78, 5) is 2.51. The van der Waals surface area contributed by atoms with Crippen LogP contribution < -0.4 is 5.32 Å². The molecule has 2 rings (SSSR count). The summed E-state index contributed by atoms with van der Waals surface area (Å²) in [6, 6.07) is 1.56. The van der Waals surface area contributed by atoms with Crippen LogP contribution in [0.2, 0.25) is 0 Å². The molecule has 0 saturated carbocycles. The van der Waals surface area contributed by atoms with Gasteiger partial charge in [-0.3, -0.25) is 0 Å². The molecule has 2 nitrogen and oxygen atoms in total. The molecule has 2 aliphatic rings. The van der Waals surface area contributed by atoms with Crippen molar-refractivity contribution in [1.82, 2.24) is 10.2 Å². The second kappa shape index (κ2) is 5.55. The Hall–Kier alpha value is 0.270. The number of hydrogen-bond donors (Lipinski definition) is 1. The predicted molar refractivity (Wildman–Crippen MR) is 68.6 cm³/mol. The van der Waals surface area contributed by atoms with Crippen LogP contribution in [0.5, 0.6) is 0 Å². The summed E-state index contributed by atoms with van der Waals surface area (Å²) in [5.41, 5.74) is 0. The molecule has 2 heterocycles. The highest BCUT2D eigenvalue weighted by atomic mass is 32.2. The van der Waals surface area contributed by atoms with Crippen molar-refractivity contribution in [3.8, 4) is 0 Å². The lowest BCUT2D eigenvalue weighted by Gasteiger charge is -2.31. The smallest absolute Gasteiger partial charge is 0.0218 e. The average Bonchev–Trinajstić information content (AvgIpc) is 2.63. The van der Waals surface area contributed by atoms with Gasteiger partial charge in [-0.25, -0.2) is 0 Å². The van der Waals surface area contributed by atoms with Crippen molar-refractivity contribution >= 4 is 11.8 Å². The van der Waals surface area contributed by atoms with E-state index in [4.69, 9.17) is 0 Å². The van der Waals surface area contributed by atoms with E-state index < -0.39 is 0 Å². The Balaban J connectivity index is 1.72. The summed E-state index contributed by atoms with van der Waals surface area (Å²) < 4.78 is 0. The molecule has 0 spiro atoms. The molecule has 0 radical (unpaired) electrons. The standard InChI is InChI=1S/C12H24N2S/c1-10-12(6-4-8-15-10)13-9-11-5-3-7-14(11)2/h10-13H,3-9H2,1-2H3. The quantitative estimate of drug-likeness (QED) is 0.795. The van der Waals surface area contributed by atoms with Gasteiger partial charge in [-0.05, 0) is 45.0 Å². The van der Waals surface area contributed by atoms with Crippen LogP contribution in [0.3, 0.4) is 0 Å². The summed E-state index contributed by atoms with van der Waals surface area (Å²) in [7, 11) is 2.26.